The predicted octanol–water partition coefficient (Wildman–Crippen LogP) is 1.91. The van der Waals surface area contributed by atoms with Gasteiger partial charge in [-0.15, -0.1) is 0 Å². The summed E-state index contributed by atoms with van der Waals surface area (Å²) in [6.07, 6.45) is 1.94. The zero-order chi connectivity index (χ0) is 13.3. The molecule has 0 radical (unpaired) electrons. The maximum atomic E-state index is 5.20. The molecule has 0 bridgehead atoms. The number of nitrogens with zero attached hydrogens (tertiary/aromatic N) is 4. The number of nitrogens with one attached hydrogen (secondary N) is 1. The fourth-order valence-electron chi connectivity index (χ4n) is 1.69. The van der Waals surface area contributed by atoms with Crippen LogP contribution in [0.5, 0.6) is 0 Å². The molecule has 0 saturated carbocycles. The van der Waals surface area contributed by atoms with Crippen LogP contribution in [-0.2, 0) is 11.9 Å². The molecule has 0 aliphatic carbocycles. The first kappa shape index (κ1) is 12.4. The second-order valence-electron chi connectivity index (χ2n) is 4.12. The largest absolute Gasteiger partial charge is 0.335 e. The Labute approximate surface area is 106 Å². The van der Waals surface area contributed by atoms with E-state index in [2.05, 4.69) is 21.9 Å². The van der Waals surface area contributed by atoms with E-state index < -0.39 is 0 Å². The Morgan fingerprint density at radius 2 is 2.22 bits per heavy atom. The van der Waals surface area contributed by atoms with E-state index in [1.54, 1.807) is 19.2 Å². The first-order chi connectivity index (χ1) is 8.52. The van der Waals surface area contributed by atoms with Crippen LogP contribution in [0.15, 0.2) is 24.5 Å². The molecular formula is C12H17N5O. The third kappa shape index (κ3) is 2.14. The van der Waals surface area contributed by atoms with Crippen molar-refractivity contribution < 1.29 is 4.84 Å². The molecule has 1 N–H and O–H groups in total. The lowest BCUT2D eigenvalue weighted by Crippen LogP contribution is -2.17. The molecule has 6 heteroatoms. The van der Waals surface area contributed by atoms with Gasteiger partial charge in [0.1, 0.15) is 5.65 Å². The van der Waals surface area contributed by atoms with Gasteiger partial charge in [-0.25, -0.2) is 5.06 Å². The number of allylic oxidation sites excluding steroid dienone is 1. The normalized spacial score (nSPS) is 10.7. The lowest BCUT2D eigenvalue weighted by molar-refractivity contribution is 0.183. The minimum atomic E-state index is 0.510. The van der Waals surface area contributed by atoms with Gasteiger partial charge in [0.05, 0.1) is 12.5 Å². The molecule has 0 saturated heterocycles. The maximum Gasteiger partial charge on any atom is 0.230 e. The molecule has 96 valence electrons. The van der Waals surface area contributed by atoms with Crippen LogP contribution in [0.1, 0.15) is 6.92 Å². The second-order valence-corrected chi connectivity index (χ2v) is 4.12. The summed E-state index contributed by atoms with van der Waals surface area (Å²) in [6, 6.07) is 1.96. The Bertz CT molecular complexity index is 589. The Kier molecular flexibility index (Phi) is 3.20. The fourth-order valence-corrected chi connectivity index (χ4v) is 1.69. The van der Waals surface area contributed by atoms with Crippen LogP contribution >= 0.6 is 0 Å². The number of anilines is 2. The summed E-state index contributed by atoms with van der Waals surface area (Å²) in [6.45, 7) is 5.65. The Morgan fingerprint density at radius 3 is 2.83 bits per heavy atom. The summed E-state index contributed by atoms with van der Waals surface area (Å²) < 4.78 is 1.94. The Hall–Kier alpha value is -2.08. The molecule has 0 amide bonds. The molecule has 0 unspecified atom stereocenters. The summed E-state index contributed by atoms with van der Waals surface area (Å²) in [5, 5.41) is 5.56. The first-order valence-electron chi connectivity index (χ1n) is 5.56. The molecule has 0 atom stereocenters. The molecule has 0 aliphatic rings. The highest BCUT2D eigenvalue weighted by atomic mass is 16.7. The zero-order valence-corrected chi connectivity index (χ0v) is 11.1. The molecule has 0 fully saturated rings. The maximum absolute atomic E-state index is 5.20. The van der Waals surface area contributed by atoms with Gasteiger partial charge in [0.15, 0.2) is 5.82 Å². The van der Waals surface area contributed by atoms with Crippen molar-refractivity contribution in [3.05, 3.63) is 24.5 Å². The van der Waals surface area contributed by atoms with E-state index >= 15 is 0 Å². The van der Waals surface area contributed by atoms with Crippen LogP contribution < -0.4 is 10.4 Å². The minimum Gasteiger partial charge on any atom is -0.335 e. The summed E-state index contributed by atoms with van der Waals surface area (Å²) in [4.78, 5) is 14.1. The van der Waals surface area contributed by atoms with E-state index in [9.17, 15) is 0 Å². The standard InChI is InChI=1S/C12H17N5O/c1-8(2)13-12-14-10-9(6-7-16(10)3)11(15-12)17(4)18-5/h6-7H,1H2,2-5H3,(H,13,14,15). The van der Waals surface area contributed by atoms with Crippen LogP contribution in [0.4, 0.5) is 11.8 Å². The summed E-state index contributed by atoms with van der Waals surface area (Å²) in [5.41, 5.74) is 1.63. The number of hydrogen-bond acceptors (Lipinski definition) is 5. The van der Waals surface area contributed by atoms with Crippen LogP contribution in [0, 0.1) is 0 Å². The fraction of sp³-hybridized carbons (Fsp3) is 0.333. The van der Waals surface area contributed by atoms with Gasteiger partial charge in [0.2, 0.25) is 5.95 Å². The smallest absolute Gasteiger partial charge is 0.230 e. The zero-order valence-electron chi connectivity index (χ0n) is 11.1. The highest BCUT2D eigenvalue weighted by molar-refractivity contribution is 5.88. The third-order valence-corrected chi connectivity index (χ3v) is 2.60. The van der Waals surface area contributed by atoms with Crippen molar-refractivity contribution in [3.8, 4) is 0 Å². The van der Waals surface area contributed by atoms with E-state index in [-0.39, 0.29) is 0 Å². The van der Waals surface area contributed by atoms with Crippen molar-refractivity contribution in [2.24, 2.45) is 7.05 Å². The minimum absolute atomic E-state index is 0.510. The van der Waals surface area contributed by atoms with Gasteiger partial charge in [0.25, 0.3) is 0 Å². The van der Waals surface area contributed by atoms with Gasteiger partial charge in [-0.3, -0.25) is 4.84 Å². The van der Waals surface area contributed by atoms with Crippen molar-refractivity contribution in [1.29, 1.82) is 0 Å². The predicted molar refractivity (Wildman–Crippen MR) is 72.4 cm³/mol. The quantitative estimate of drug-likeness (QED) is 0.836. The van der Waals surface area contributed by atoms with Gasteiger partial charge < -0.3 is 9.88 Å². The molecule has 2 rings (SSSR count). The Balaban J connectivity index is 2.62. The van der Waals surface area contributed by atoms with Gasteiger partial charge in [-0.2, -0.15) is 9.97 Å². The average molecular weight is 247 g/mol. The highest BCUT2D eigenvalue weighted by Crippen LogP contribution is 2.25. The van der Waals surface area contributed by atoms with Gasteiger partial charge in [-0.05, 0) is 13.0 Å². The summed E-state index contributed by atoms with van der Waals surface area (Å²) in [7, 11) is 5.35. The van der Waals surface area contributed by atoms with Crippen LogP contribution in [-0.4, -0.2) is 28.7 Å². The summed E-state index contributed by atoms with van der Waals surface area (Å²) >= 11 is 0. The van der Waals surface area contributed by atoms with Crippen LogP contribution in [0.2, 0.25) is 0 Å². The number of hydrogen-bond donors (Lipinski definition) is 1. The molecule has 0 aliphatic heterocycles. The van der Waals surface area contributed by atoms with Crippen molar-refractivity contribution in [2.45, 2.75) is 6.92 Å². The van der Waals surface area contributed by atoms with Crippen molar-refractivity contribution in [2.75, 3.05) is 24.5 Å². The monoisotopic (exact) mass is 247 g/mol. The lowest BCUT2D eigenvalue weighted by Gasteiger charge is -2.16. The molecule has 0 spiro atoms. The number of fused-ring (bicyclic) bond motifs is 1. The number of rotatable bonds is 4. The number of aromatic nitrogens is 3. The van der Waals surface area contributed by atoms with E-state index in [0.717, 1.165) is 16.7 Å². The average Bonchev–Trinajstić information content (AvgIpc) is 2.69. The highest BCUT2D eigenvalue weighted by Gasteiger charge is 2.13. The molecule has 6 nitrogen and oxygen atoms in total. The molecule has 0 aromatic carbocycles. The SMILES string of the molecule is C=C(C)Nc1nc(N(C)OC)c2ccn(C)c2n1. The molecule has 18 heavy (non-hydrogen) atoms. The third-order valence-electron chi connectivity index (χ3n) is 2.60. The molecule has 2 aromatic heterocycles. The molecular weight excluding hydrogens is 230 g/mol. The number of aryl methyl sites for hydroxylation is 1. The van der Waals surface area contributed by atoms with Gasteiger partial charge >= 0.3 is 0 Å². The van der Waals surface area contributed by atoms with Gasteiger partial charge in [-0.1, -0.05) is 6.58 Å². The van der Waals surface area contributed by atoms with Crippen molar-refractivity contribution >= 4 is 22.8 Å². The number of hydroxylamine groups is 1. The second kappa shape index (κ2) is 4.66. The van der Waals surface area contributed by atoms with Crippen molar-refractivity contribution in [1.82, 2.24) is 14.5 Å². The molecule has 2 aromatic rings. The molecule has 2 heterocycles. The van der Waals surface area contributed by atoms with E-state index in [4.69, 9.17) is 4.84 Å². The van der Waals surface area contributed by atoms with Crippen molar-refractivity contribution in [3.63, 3.8) is 0 Å². The Morgan fingerprint density at radius 1 is 1.50 bits per heavy atom. The lowest BCUT2D eigenvalue weighted by atomic mass is 10.4. The topological polar surface area (TPSA) is 55.2 Å². The van der Waals surface area contributed by atoms with E-state index in [1.807, 2.05) is 30.8 Å². The first-order valence-corrected chi connectivity index (χ1v) is 5.56. The van der Waals surface area contributed by atoms with E-state index in [0.29, 0.717) is 11.8 Å². The van der Waals surface area contributed by atoms with Crippen LogP contribution in [0.3, 0.4) is 0 Å². The van der Waals surface area contributed by atoms with Crippen LogP contribution in [0.25, 0.3) is 11.0 Å². The summed E-state index contributed by atoms with van der Waals surface area (Å²) in [5.74, 6) is 1.22. The van der Waals surface area contributed by atoms with E-state index in [1.165, 1.54) is 0 Å². The van der Waals surface area contributed by atoms with Gasteiger partial charge in [0, 0.05) is 26.0 Å².